The standard InChI is InChI=1S/C21H27N3O2/c1-15-7-12-20(22-14-15)26-19-10-8-17(9-11-19)23-21(25)16-5-4-6-18(13-16)24(2)3/h4-7,12-14,17,19H,8-11H2,1-3H3,(H,23,25). The molecule has 1 saturated carbocycles. The number of amides is 1. The molecule has 5 nitrogen and oxygen atoms in total. The van der Waals surface area contributed by atoms with Gasteiger partial charge in [0.1, 0.15) is 6.10 Å². The van der Waals surface area contributed by atoms with Crippen LogP contribution >= 0.6 is 0 Å². The lowest BCUT2D eigenvalue weighted by Crippen LogP contribution is -2.39. The summed E-state index contributed by atoms with van der Waals surface area (Å²) >= 11 is 0. The van der Waals surface area contributed by atoms with Crippen molar-refractivity contribution in [2.24, 2.45) is 0 Å². The van der Waals surface area contributed by atoms with Crippen LogP contribution in [0.4, 0.5) is 5.69 Å². The summed E-state index contributed by atoms with van der Waals surface area (Å²) in [6.07, 6.45) is 5.71. The number of carbonyl (C=O) groups excluding carboxylic acids is 1. The highest BCUT2D eigenvalue weighted by molar-refractivity contribution is 5.95. The quantitative estimate of drug-likeness (QED) is 0.893. The molecule has 0 bridgehead atoms. The van der Waals surface area contributed by atoms with E-state index in [1.165, 1.54) is 0 Å². The predicted molar refractivity (Wildman–Crippen MR) is 104 cm³/mol. The third kappa shape index (κ3) is 4.75. The van der Waals surface area contributed by atoms with Crippen LogP contribution in [0.2, 0.25) is 0 Å². The van der Waals surface area contributed by atoms with Crippen LogP contribution in [0.3, 0.4) is 0 Å². The summed E-state index contributed by atoms with van der Waals surface area (Å²) in [5, 5.41) is 3.16. The average molecular weight is 353 g/mol. The van der Waals surface area contributed by atoms with E-state index < -0.39 is 0 Å². The molecule has 1 fully saturated rings. The van der Waals surface area contributed by atoms with Crippen LogP contribution < -0.4 is 15.0 Å². The lowest BCUT2D eigenvalue weighted by Gasteiger charge is -2.29. The zero-order valence-electron chi connectivity index (χ0n) is 15.7. The molecule has 3 rings (SSSR count). The first kappa shape index (κ1) is 18.2. The van der Waals surface area contributed by atoms with Crippen LogP contribution in [0.25, 0.3) is 0 Å². The molecule has 0 aliphatic heterocycles. The Bertz CT molecular complexity index is 735. The number of nitrogens with zero attached hydrogens (tertiary/aromatic N) is 2. The Hall–Kier alpha value is -2.56. The number of aromatic nitrogens is 1. The number of hydrogen-bond acceptors (Lipinski definition) is 4. The Morgan fingerprint density at radius 1 is 1.15 bits per heavy atom. The third-order valence-electron chi connectivity index (χ3n) is 4.81. The molecule has 2 aromatic rings. The van der Waals surface area contributed by atoms with E-state index in [-0.39, 0.29) is 18.1 Å². The van der Waals surface area contributed by atoms with Gasteiger partial charge in [-0.1, -0.05) is 12.1 Å². The van der Waals surface area contributed by atoms with Crippen LogP contribution in [0.15, 0.2) is 42.6 Å². The lowest BCUT2D eigenvalue weighted by molar-refractivity contribution is 0.0890. The fraction of sp³-hybridized carbons (Fsp3) is 0.429. The van der Waals surface area contributed by atoms with Gasteiger partial charge in [-0.2, -0.15) is 0 Å². The molecule has 5 heteroatoms. The number of hydrogen-bond donors (Lipinski definition) is 1. The number of nitrogens with one attached hydrogen (secondary N) is 1. The lowest BCUT2D eigenvalue weighted by atomic mass is 9.92. The van der Waals surface area contributed by atoms with Crippen molar-refractivity contribution in [1.29, 1.82) is 0 Å². The Balaban J connectivity index is 1.49. The molecule has 1 amide bonds. The van der Waals surface area contributed by atoms with Gasteiger partial charge in [0.25, 0.3) is 5.91 Å². The molecule has 1 aromatic heterocycles. The zero-order chi connectivity index (χ0) is 18.5. The fourth-order valence-electron chi connectivity index (χ4n) is 3.21. The molecule has 0 atom stereocenters. The molecule has 0 radical (unpaired) electrons. The number of carbonyl (C=O) groups is 1. The second-order valence-electron chi connectivity index (χ2n) is 7.18. The van der Waals surface area contributed by atoms with Crippen molar-refractivity contribution in [3.05, 3.63) is 53.7 Å². The van der Waals surface area contributed by atoms with Gasteiger partial charge < -0.3 is 15.0 Å². The minimum Gasteiger partial charge on any atom is -0.474 e. The Morgan fingerprint density at radius 2 is 1.92 bits per heavy atom. The summed E-state index contributed by atoms with van der Waals surface area (Å²) in [6.45, 7) is 2.01. The SMILES string of the molecule is Cc1ccc(OC2CCC(NC(=O)c3cccc(N(C)C)c3)CC2)nc1. The summed E-state index contributed by atoms with van der Waals surface area (Å²) < 4.78 is 5.96. The Morgan fingerprint density at radius 3 is 2.58 bits per heavy atom. The summed E-state index contributed by atoms with van der Waals surface area (Å²) in [5.41, 5.74) is 2.86. The molecular formula is C21H27N3O2. The van der Waals surface area contributed by atoms with E-state index in [1.807, 2.05) is 68.5 Å². The Kier molecular flexibility index (Phi) is 5.76. The van der Waals surface area contributed by atoms with Crippen LogP contribution in [-0.2, 0) is 0 Å². The van der Waals surface area contributed by atoms with Gasteiger partial charge in [-0.05, 0) is 56.4 Å². The molecule has 1 N–H and O–H groups in total. The maximum Gasteiger partial charge on any atom is 0.251 e. The van der Waals surface area contributed by atoms with Gasteiger partial charge in [-0.15, -0.1) is 0 Å². The van der Waals surface area contributed by atoms with Gasteiger partial charge in [0.15, 0.2) is 0 Å². The molecule has 26 heavy (non-hydrogen) atoms. The highest BCUT2D eigenvalue weighted by Crippen LogP contribution is 2.23. The number of pyridine rings is 1. The van der Waals surface area contributed by atoms with Gasteiger partial charge >= 0.3 is 0 Å². The van der Waals surface area contributed by atoms with Gasteiger partial charge in [0.05, 0.1) is 0 Å². The molecular weight excluding hydrogens is 326 g/mol. The van der Waals surface area contributed by atoms with E-state index in [2.05, 4.69) is 10.3 Å². The molecule has 1 aromatic carbocycles. The number of ether oxygens (including phenoxy) is 1. The molecule has 0 unspecified atom stereocenters. The summed E-state index contributed by atoms with van der Waals surface area (Å²) in [6, 6.07) is 11.8. The van der Waals surface area contributed by atoms with Crippen molar-refractivity contribution in [2.75, 3.05) is 19.0 Å². The van der Waals surface area contributed by atoms with E-state index in [4.69, 9.17) is 4.74 Å². The van der Waals surface area contributed by atoms with Gasteiger partial charge in [0.2, 0.25) is 5.88 Å². The fourth-order valence-corrected chi connectivity index (χ4v) is 3.21. The highest BCUT2D eigenvalue weighted by Gasteiger charge is 2.24. The summed E-state index contributed by atoms with van der Waals surface area (Å²) in [5.74, 6) is 0.682. The zero-order valence-corrected chi connectivity index (χ0v) is 15.7. The predicted octanol–water partition coefficient (Wildman–Crippen LogP) is 3.58. The van der Waals surface area contributed by atoms with Crippen molar-refractivity contribution in [3.8, 4) is 5.88 Å². The van der Waals surface area contributed by atoms with Crippen molar-refractivity contribution >= 4 is 11.6 Å². The average Bonchev–Trinajstić information content (AvgIpc) is 2.65. The number of rotatable bonds is 5. The number of aryl methyl sites for hydroxylation is 1. The molecule has 138 valence electrons. The second-order valence-corrected chi connectivity index (χ2v) is 7.18. The number of benzene rings is 1. The van der Waals surface area contributed by atoms with E-state index in [1.54, 1.807) is 0 Å². The molecule has 1 heterocycles. The minimum absolute atomic E-state index is 0.00160. The maximum absolute atomic E-state index is 12.5. The highest BCUT2D eigenvalue weighted by atomic mass is 16.5. The second kappa shape index (κ2) is 8.21. The van der Waals surface area contributed by atoms with Gasteiger partial charge in [-0.3, -0.25) is 4.79 Å². The summed E-state index contributed by atoms with van der Waals surface area (Å²) in [4.78, 5) is 18.8. The van der Waals surface area contributed by atoms with Crippen molar-refractivity contribution < 1.29 is 9.53 Å². The number of anilines is 1. The van der Waals surface area contributed by atoms with E-state index in [0.717, 1.165) is 36.9 Å². The van der Waals surface area contributed by atoms with Crippen LogP contribution in [0.1, 0.15) is 41.6 Å². The first-order chi connectivity index (χ1) is 12.5. The molecule has 0 saturated heterocycles. The maximum atomic E-state index is 12.5. The first-order valence-electron chi connectivity index (χ1n) is 9.19. The minimum atomic E-state index is -0.00160. The third-order valence-corrected chi connectivity index (χ3v) is 4.81. The van der Waals surface area contributed by atoms with Crippen LogP contribution in [0.5, 0.6) is 5.88 Å². The van der Waals surface area contributed by atoms with E-state index in [9.17, 15) is 4.79 Å². The normalized spacial score (nSPS) is 19.7. The summed E-state index contributed by atoms with van der Waals surface area (Å²) in [7, 11) is 3.95. The topological polar surface area (TPSA) is 54.5 Å². The van der Waals surface area contributed by atoms with Crippen molar-refractivity contribution in [2.45, 2.75) is 44.8 Å². The van der Waals surface area contributed by atoms with E-state index in [0.29, 0.717) is 11.4 Å². The van der Waals surface area contributed by atoms with Gasteiger partial charge in [0, 0.05) is 43.7 Å². The van der Waals surface area contributed by atoms with Gasteiger partial charge in [-0.25, -0.2) is 4.98 Å². The molecule has 0 spiro atoms. The van der Waals surface area contributed by atoms with Crippen LogP contribution in [0, 0.1) is 6.92 Å². The molecule has 1 aliphatic rings. The monoisotopic (exact) mass is 353 g/mol. The first-order valence-corrected chi connectivity index (χ1v) is 9.19. The smallest absolute Gasteiger partial charge is 0.251 e. The van der Waals surface area contributed by atoms with Crippen LogP contribution in [-0.4, -0.2) is 37.1 Å². The van der Waals surface area contributed by atoms with E-state index >= 15 is 0 Å². The van der Waals surface area contributed by atoms with Crippen molar-refractivity contribution in [3.63, 3.8) is 0 Å². The largest absolute Gasteiger partial charge is 0.474 e. The Labute approximate surface area is 155 Å². The molecule has 1 aliphatic carbocycles. The van der Waals surface area contributed by atoms with Crippen molar-refractivity contribution in [1.82, 2.24) is 10.3 Å².